The minimum Gasteiger partial charge on any atom is -0.459 e. The number of hydrogen-bond acceptors (Lipinski definition) is 4. The Morgan fingerprint density at radius 2 is 1.82 bits per heavy atom. The van der Waals surface area contributed by atoms with Crippen molar-refractivity contribution in [3.8, 4) is 0 Å². The first-order valence-corrected chi connectivity index (χ1v) is 5.40. The van der Waals surface area contributed by atoms with Crippen LogP contribution in [0.25, 0.3) is 0 Å². The Labute approximate surface area is 101 Å². The van der Waals surface area contributed by atoms with Gasteiger partial charge in [-0.3, -0.25) is 9.69 Å². The smallest absolute Gasteiger partial charge is 0.331 e. The van der Waals surface area contributed by atoms with Gasteiger partial charge in [-0.15, -0.1) is 0 Å². The molecule has 4 nitrogen and oxygen atoms in total. The van der Waals surface area contributed by atoms with Crippen LogP contribution >= 0.6 is 0 Å². The van der Waals surface area contributed by atoms with Gasteiger partial charge in [0.1, 0.15) is 6.61 Å². The average Bonchev–Trinajstić information content (AvgIpc) is 2.27. The summed E-state index contributed by atoms with van der Waals surface area (Å²) >= 11 is 0. The van der Waals surface area contributed by atoms with E-state index < -0.39 is 12.0 Å². The van der Waals surface area contributed by atoms with Crippen molar-refractivity contribution in [3.63, 3.8) is 0 Å². The van der Waals surface area contributed by atoms with Crippen molar-refractivity contribution in [2.45, 2.75) is 19.6 Å². The number of benzene rings is 1. The molecule has 1 atom stereocenters. The Balaban J connectivity index is 2.57. The van der Waals surface area contributed by atoms with Crippen LogP contribution in [0.5, 0.6) is 0 Å². The maximum absolute atomic E-state index is 11.7. The molecule has 0 aliphatic rings. The van der Waals surface area contributed by atoms with Crippen LogP contribution in [0.1, 0.15) is 12.5 Å². The van der Waals surface area contributed by atoms with Gasteiger partial charge >= 0.3 is 5.97 Å². The van der Waals surface area contributed by atoms with E-state index in [1.54, 1.807) is 19.0 Å². The van der Waals surface area contributed by atoms with E-state index in [0.29, 0.717) is 0 Å². The Morgan fingerprint density at radius 3 is 2.29 bits per heavy atom. The van der Waals surface area contributed by atoms with Gasteiger partial charge < -0.3 is 4.74 Å². The lowest BCUT2D eigenvalue weighted by Gasteiger charge is -2.19. The molecule has 0 fully saturated rings. The van der Waals surface area contributed by atoms with Crippen LogP contribution in [0, 0.1) is 0 Å². The number of hydrogen-bond donors (Lipinski definition) is 0. The second-order valence-corrected chi connectivity index (χ2v) is 4.07. The van der Waals surface area contributed by atoms with Gasteiger partial charge in [-0.25, -0.2) is 4.79 Å². The normalized spacial score (nSPS) is 12.2. The van der Waals surface area contributed by atoms with Crippen LogP contribution in [0.15, 0.2) is 30.3 Å². The first-order chi connectivity index (χ1) is 8.02. The molecule has 17 heavy (non-hydrogen) atoms. The monoisotopic (exact) mass is 235 g/mol. The average molecular weight is 235 g/mol. The number of likely N-dealkylation sites (N-methyl/N-ethyl adjacent to an activating group) is 1. The maximum Gasteiger partial charge on any atom is 0.331 e. The summed E-state index contributed by atoms with van der Waals surface area (Å²) in [5.74, 6) is -0.723. The van der Waals surface area contributed by atoms with Crippen molar-refractivity contribution >= 4 is 11.8 Å². The molecule has 0 amide bonds. The van der Waals surface area contributed by atoms with Crippen molar-refractivity contribution < 1.29 is 14.3 Å². The predicted octanol–water partition coefficient (Wildman–Crippen LogP) is 1.25. The second kappa shape index (κ2) is 6.15. The van der Waals surface area contributed by atoms with E-state index in [4.69, 9.17) is 4.74 Å². The molecular weight excluding hydrogens is 218 g/mol. The zero-order valence-corrected chi connectivity index (χ0v) is 10.3. The second-order valence-electron chi connectivity index (χ2n) is 4.07. The molecule has 0 N–H and O–H groups in total. The lowest BCUT2D eigenvalue weighted by Crippen LogP contribution is -2.42. The van der Waals surface area contributed by atoms with Gasteiger partial charge in [-0.1, -0.05) is 30.3 Å². The highest BCUT2D eigenvalue weighted by molar-refractivity contribution is 6.01. The molecule has 1 rings (SSSR count). The van der Waals surface area contributed by atoms with Crippen molar-refractivity contribution in [2.24, 2.45) is 0 Å². The minimum atomic E-state index is -0.821. The summed E-state index contributed by atoms with van der Waals surface area (Å²) in [4.78, 5) is 24.6. The van der Waals surface area contributed by atoms with Crippen molar-refractivity contribution in [2.75, 3.05) is 14.1 Å². The number of nitrogens with zero attached hydrogens (tertiary/aromatic N) is 1. The number of esters is 1. The Morgan fingerprint density at radius 1 is 1.24 bits per heavy atom. The number of carbonyl (C=O) groups excluding carboxylic acids is 2. The van der Waals surface area contributed by atoms with E-state index in [-0.39, 0.29) is 12.4 Å². The maximum atomic E-state index is 11.7. The van der Waals surface area contributed by atoms with Gasteiger partial charge in [0.2, 0.25) is 0 Å². The fraction of sp³-hybridized carbons (Fsp3) is 0.385. The molecule has 92 valence electrons. The number of Topliss-reactive ketones (excluding diaryl/α,β-unsaturated/α-hetero) is 1. The highest BCUT2D eigenvalue weighted by Gasteiger charge is 2.26. The van der Waals surface area contributed by atoms with Gasteiger partial charge in [-0.05, 0) is 26.6 Å². The van der Waals surface area contributed by atoms with E-state index >= 15 is 0 Å². The summed E-state index contributed by atoms with van der Waals surface area (Å²) in [6.45, 7) is 1.58. The number of rotatable bonds is 5. The fourth-order valence-electron chi connectivity index (χ4n) is 1.55. The van der Waals surface area contributed by atoms with Crippen LogP contribution in [0.4, 0.5) is 0 Å². The van der Waals surface area contributed by atoms with Crippen LogP contribution in [-0.2, 0) is 20.9 Å². The quantitative estimate of drug-likeness (QED) is 0.569. The number of carbonyl (C=O) groups is 2. The van der Waals surface area contributed by atoms with Gasteiger partial charge in [-0.2, -0.15) is 0 Å². The van der Waals surface area contributed by atoms with Crippen molar-refractivity contribution in [3.05, 3.63) is 35.9 Å². The summed E-state index contributed by atoms with van der Waals surface area (Å²) < 4.78 is 5.11. The zero-order chi connectivity index (χ0) is 12.8. The Hall–Kier alpha value is -1.68. The van der Waals surface area contributed by atoms with E-state index in [2.05, 4.69) is 0 Å². The molecule has 0 aromatic heterocycles. The third-order valence-corrected chi connectivity index (χ3v) is 2.35. The zero-order valence-electron chi connectivity index (χ0n) is 10.3. The van der Waals surface area contributed by atoms with Crippen LogP contribution in [0.2, 0.25) is 0 Å². The molecule has 1 unspecified atom stereocenters. The van der Waals surface area contributed by atoms with Crippen LogP contribution in [-0.4, -0.2) is 36.8 Å². The largest absolute Gasteiger partial charge is 0.459 e. The topological polar surface area (TPSA) is 46.6 Å². The summed E-state index contributed by atoms with van der Waals surface area (Å²) in [5.41, 5.74) is 0.905. The Kier molecular flexibility index (Phi) is 4.84. The van der Waals surface area contributed by atoms with Gasteiger partial charge in [0.15, 0.2) is 11.8 Å². The lowest BCUT2D eigenvalue weighted by molar-refractivity contribution is -0.153. The SMILES string of the molecule is CC(=O)C(C(=O)OCc1ccccc1)N(C)C. The molecule has 0 heterocycles. The minimum absolute atomic E-state index is 0.192. The van der Waals surface area contributed by atoms with Crippen LogP contribution in [0.3, 0.4) is 0 Å². The van der Waals surface area contributed by atoms with Crippen LogP contribution < -0.4 is 0 Å². The Bertz CT molecular complexity index is 387. The van der Waals surface area contributed by atoms with E-state index in [1.807, 2.05) is 30.3 Å². The molecule has 0 aliphatic carbocycles. The highest BCUT2D eigenvalue weighted by atomic mass is 16.5. The van der Waals surface area contributed by atoms with Gasteiger partial charge in [0.05, 0.1) is 0 Å². The van der Waals surface area contributed by atoms with E-state index in [9.17, 15) is 9.59 Å². The third-order valence-electron chi connectivity index (χ3n) is 2.35. The lowest BCUT2D eigenvalue weighted by atomic mass is 10.2. The summed E-state index contributed by atoms with van der Waals surface area (Å²) in [6, 6.07) is 8.55. The predicted molar refractivity (Wildman–Crippen MR) is 64.4 cm³/mol. The molecule has 0 aliphatic heterocycles. The molecule has 0 radical (unpaired) electrons. The molecule has 0 bridgehead atoms. The summed E-state index contributed by atoms with van der Waals surface area (Å²) in [7, 11) is 3.35. The molecular formula is C13H17NO3. The molecule has 1 aromatic rings. The molecule has 4 heteroatoms. The van der Waals surface area contributed by atoms with Gasteiger partial charge in [0.25, 0.3) is 0 Å². The first kappa shape index (κ1) is 13.4. The molecule has 0 saturated carbocycles. The molecule has 1 aromatic carbocycles. The first-order valence-electron chi connectivity index (χ1n) is 5.40. The number of ketones is 1. The summed E-state index contributed by atoms with van der Waals surface area (Å²) in [6.07, 6.45) is 0. The molecule has 0 saturated heterocycles. The number of ether oxygens (including phenoxy) is 1. The third kappa shape index (κ3) is 4.00. The molecule has 0 spiro atoms. The highest BCUT2D eigenvalue weighted by Crippen LogP contribution is 2.04. The van der Waals surface area contributed by atoms with E-state index in [0.717, 1.165) is 5.56 Å². The van der Waals surface area contributed by atoms with Crippen molar-refractivity contribution in [1.29, 1.82) is 0 Å². The van der Waals surface area contributed by atoms with Gasteiger partial charge in [0, 0.05) is 0 Å². The van der Waals surface area contributed by atoms with Crippen molar-refractivity contribution in [1.82, 2.24) is 4.90 Å². The fourth-order valence-corrected chi connectivity index (χ4v) is 1.55. The van der Waals surface area contributed by atoms with E-state index in [1.165, 1.54) is 6.92 Å². The summed E-state index contributed by atoms with van der Waals surface area (Å²) in [5, 5.41) is 0. The standard InChI is InChI=1S/C13H17NO3/c1-10(15)12(14(2)3)13(16)17-9-11-7-5-4-6-8-11/h4-8,12H,9H2,1-3H3.